The van der Waals surface area contributed by atoms with E-state index in [0.29, 0.717) is 16.1 Å². The zero-order chi connectivity index (χ0) is 14.9. The number of rotatable bonds is 3. The van der Waals surface area contributed by atoms with Gasteiger partial charge in [0.1, 0.15) is 5.82 Å². The quantitative estimate of drug-likeness (QED) is 0.853. The maximum atomic E-state index is 12.9. The topological polar surface area (TPSA) is 86.2 Å². The minimum atomic E-state index is -3.83. The van der Waals surface area contributed by atoms with Crippen LogP contribution in [-0.2, 0) is 10.0 Å². The van der Waals surface area contributed by atoms with Crippen LogP contribution in [0.15, 0.2) is 51.1 Å². The van der Waals surface area contributed by atoms with E-state index in [4.69, 9.17) is 10.9 Å². The molecule has 0 bridgehead atoms. The standard InChI is InChI=1S/C13H13FN2O2S2/c1-8-12(19-11-4-2-9(14)3-5-11)6-10(15)7-13(8)20(16,17)18/h2-7H,15H2,1H3,(H2,16,17,18). The molecule has 0 unspecified atom stereocenters. The zero-order valence-electron chi connectivity index (χ0n) is 10.6. The van der Waals surface area contributed by atoms with Gasteiger partial charge in [-0.25, -0.2) is 17.9 Å². The Morgan fingerprint density at radius 1 is 1.15 bits per heavy atom. The van der Waals surface area contributed by atoms with Gasteiger partial charge in [0.25, 0.3) is 0 Å². The highest BCUT2D eigenvalue weighted by Crippen LogP contribution is 2.34. The Morgan fingerprint density at radius 3 is 2.30 bits per heavy atom. The summed E-state index contributed by atoms with van der Waals surface area (Å²) in [5.41, 5.74) is 6.54. The van der Waals surface area contributed by atoms with Gasteiger partial charge in [-0.2, -0.15) is 0 Å². The molecule has 2 aromatic rings. The lowest BCUT2D eigenvalue weighted by molar-refractivity contribution is 0.597. The zero-order valence-corrected chi connectivity index (χ0v) is 12.3. The van der Waals surface area contributed by atoms with E-state index in [1.54, 1.807) is 25.1 Å². The van der Waals surface area contributed by atoms with E-state index in [1.807, 2.05) is 0 Å². The van der Waals surface area contributed by atoms with Crippen molar-refractivity contribution in [1.82, 2.24) is 0 Å². The number of hydrogen-bond acceptors (Lipinski definition) is 4. The molecule has 0 heterocycles. The minimum Gasteiger partial charge on any atom is -0.399 e. The maximum Gasteiger partial charge on any atom is 0.238 e. The fourth-order valence-corrected chi connectivity index (χ4v) is 3.60. The normalized spacial score (nSPS) is 11.6. The highest BCUT2D eigenvalue weighted by Gasteiger charge is 2.16. The molecule has 0 amide bonds. The molecular weight excluding hydrogens is 299 g/mol. The summed E-state index contributed by atoms with van der Waals surface area (Å²) >= 11 is 1.30. The number of primary sulfonamides is 1. The van der Waals surface area contributed by atoms with Crippen LogP contribution in [0.25, 0.3) is 0 Å². The van der Waals surface area contributed by atoms with Gasteiger partial charge in [-0.05, 0) is 48.9 Å². The second kappa shape index (κ2) is 5.43. The molecule has 4 N–H and O–H groups in total. The number of sulfonamides is 1. The molecule has 0 aliphatic rings. The third-order valence-corrected chi connectivity index (χ3v) is 4.87. The van der Waals surface area contributed by atoms with E-state index in [0.717, 1.165) is 4.90 Å². The fraction of sp³-hybridized carbons (Fsp3) is 0.0769. The van der Waals surface area contributed by atoms with Crippen LogP contribution in [0, 0.1) is 12.7 Å². The van der Waals surface area contributed by atoms with Crippen molar-refractivity contribution in [2.24, 2.45) is 5.14 Å². The molecule has 20 heavy (non-hydrogen) atoms. The Labute approximate surface area is 121 Å². The third-order valence-electron chi connectivity index (χ3n) is 2.68. The van der Waals surface area contributed by atoms with Crippen LogP contribution in [0.2, 0.25) is 0 Å². The molecule has 0 spiro atoms. The van der Waals surface area contributed by atoms with E-state index >= 15 is 0 Å². The number of nitrogens with two attached hydrogens (primary N) is 2. The van der Waals surface area contributed by atoms with E-state index in [9.17, 15) is 12.8 Å². The summed E-state index contributed by atoms with van der Waals surface area (Å²) in [7, 11) is -3.83. The van der Waals surface area contributed by atoms with Crippen LogP contribution in [-0.4, -0.2) is 8.42 Å². The van der Waals surface area contributed by atoms with E-state index < -0.39 is 10.0 Å². The number of benzene rings is 2. The molecule has 0 atom stereocenters. The number of nitrogen functional groups attached to an aromatic ring is 1. The number of halogens is 1. The molecule has 0 aromatic heterocycles. The average Bonchev–Trinajstić information content (AvgIpc) is 2.35. The SMILES string of the molecule is Cc1c(Sc2ccc(F)cc2)cc(N)cc1S(N)(=O)=O. The lowest BCUT2D eigenvalue weighted by Gasteiger charge is -2.11. The summed E-state index contributed by atoms with van der Waals surface area (Å²) in [4.78, 5) is 1.45. The van der Waals surface area contributed by atoms with Gasteiger partial charge < -0.3 is 5.73 Å². The Hall–Kier alpha value is -1.57. The van der Waals surface area contributed by atoms with Gasteiger partial charge in [0.05, 0.1) is 4.90 Å². The monoisotopic (exact) mass is 312 g/mol. The third kappa shape index (κ3) is 3.30. The summed E-state index contributed by atoms with van der Waals surface area (Å²) in [5.74, 6) is -0.330. The molecule has 0 fully saturated rings. The highest BCUT2D eigenvalue weighted by molar-refractivity contribution is 7.99. The van der Waals surface area contributed by atoms with Crippen molar-refractivity contribution in [2.45, 2.75) is 21.6 Å². The fourth-order valence-electron chi connectivity index (χ4n) is 1.71. The van der Waals surface area contributed by atoms with E-state index in [1.165, 1.54) is 30.0 Å². The minimum absolute atomic E-state index is 0.00196. The first-order chi connectivity index (χ1) is 9.27. The molecule has 0 saturated carbocycles. The van der Waals surface area contributed by atoms with Gasteiger partial charge in [-0.1, -0.05) is 11.8 Å². The summed E-state index contributed by atoms with van der Waals surface area (Å²) in [6.07, 6.45) is 0. The molecule has 2 aromatic carbocycles. The van der Waals surface area contributed by atoms with Gasteiger partial charge in [0, 0.05) is 15.5 Å². The molecule has 0 radical (unpaired) electrons. The van der Waals surface area contributed by atoms with Crippen LogP contribution >= 0.6 is 11.8 Å². The second-order valence-corrected chi connectivity index (χ2v) is 6.89. The van der Waals surface area contributed by atoms with Crippen LogP contribution in [0.1, 0.15) is 5.56 Å². The Balaban J connectivity index is 2.47. The van der Waals surface area contributed by atoms with Crippen LogP contribution in [0.5, 0.6) is 0 Å². The molecule has 2 rings (SSSR count). The van der Waals surface area contributed by atoms with E-state index in [2.05, 4.69) is 0 Å². The predicted molar refractivity (Wildman–Crippen MR) is 77.5 cm³/mol. The first-order valence-electron chi connectivity index (χ1n) is 5.64. The van der Waals surface area contributed by atoms with Gasteiger partial charge >= 0.3 is 0 Å². The maximum absolute atomic E-state index is 12.9. The smallest absolute Gasteiger partial charge is 0.238 e. The van der Waals surface area contributed by atoms with Crippen LogP contribution in [0.4, 0.5) is 10.1 Å². The Kier molecular flexibility index (Phi) is 4.03. The van der Waals surface area contributed by atoms with Crippen molar-refractivity contribution in [3.05, 3.63) is 47.8 Å². The van der Waals surface area contributed by atoms with E-state index in [-0.39, 0.29) is 10.7 Å². The molecule has 0 aliphatic carbocycles. The molecular formula is C13H13FN2O2S2. The Morgan fingerprint density at radius 2 is 1.75 bits per heavy atom. The first-order valence-corrected chi connectivity index (χ1v) is 8.00. The van der Waals surface area contributed by atoms with Gasteiger partial charge in [-0.3, -0.25) is 0 Å². The Bertz CT molecular complexity index is 744. The summed E-state index contributed by atoms with van der Waals surface area (Å²) in [6.45, 7) is 1.66. The molecule has 0 aliphatic heterocycles. The summed E-state index contributed by atoms with van der Waals surface area (Å²) in [6, 6.07) is 8.89. The average molecular weight is 312 g/mol. The van der Waals surface area contributed by atoms with Crippen molar-refractivity contribution in [1.29, 1.82) is 0 Å². The molecule has 7 heteroatoms. The summed E-state index contributed by atoms with van der Waals surface area (Å²) in [5, 5.41) is 5.17. The predicted octanol–water partition coefficient (Wildman–Crippen LogP) is 2.51. The second-order valence-electron chi connectivity index (χ2n) is 4.24. The molecule has 4 nitrogen and oxygen atoms in total. The first kappa shape index (κ1) is 14.8. The van der Waals surface area contributed by atoms with Gasteiger partial charge in [0.15, 0.2) is 0 Å². The largest absolute Gasteiger partial charge is 0.399 e. The molecule has 0 saturated heterocycles. The van der Waals surface area contributed by atoms with Crippen LogP contribution in [0.3, 0.4) is 0 Å². The van der Waals surface area contributed by atoms with Crippen molar-refractivity contribution < 1.29 is 12.8 Å². The number of hydrogen-bond donors (Lipinski definition) is 2. The lowest BCUT2D eigenvalue weighted by Crippen LogP contribution is -2.14. The lowest BCUT2D eigenvalue weighted by atomic mass is 10.2. The van der Waals surface area contributed by atoms with Crippen molar-refractivity contribution in [2.75, 3.05) is 5.73 Å². The van der Waals surface area contributed by atoms with Crippen molar-refractivity contribution in [3.8, 4) is 0 Å². The van der Waals surface area contributed by atoms with Crippen molar-refractivity contribution in [3.63, 3.8) is 0 Å². The van der Waals surface area contributed by atoms with Crippen molar-refractivity contribution >= 4 is 27.5 Å². The highest BCUT2D eigenvalue weighted by atomic mass is 32.2. The number of anilines is 1. The van der Waals surface area contributed by atoms with Crippen LogP contribution < -0.4 is 10.9 Å². The molecule has 106 valence electrons. The summed E-state index contributed by atoms with van der Waals surface area (Å²) < 4.78 is 35.9. The van der Waals surface area contributed by atoms with Gasteiger partial charge in [-0.15, -0.1) is 0 Å². The van der Waals surface area contributed by atoms with Gasteiger partial charge in [0.2, 0.25) is 10.0 Å².